The van der Waals surface area contributed by atoms with Gasteiger partial charge in [0.1, 0.15) is 0 Å². The molecule has 24 heavy (non-hydrogen) atoms. The number of benzene rings is 1. The van der Waals surface area contributed by atoms with Crippen LogP contribution < -0.4 is 5.11 Å². The highest BCUT2D eigenvalue weighted by molar-refractivity contribution is 7.99. The number of carbonyl (C=O) groups excluding carboxylic acids is 1. The first-order chi connectivity index (χ1) is 11.7. The summed E-state index contributed by atoms with van der Waals surface area (Å²) >= 11 is 1.09. The maximum atomic E-state index is 10.8. The molecule has 0 saturated heterocycles. The predicted molar refractivity (Wildman–Crippen MR) is 89.7 cm³/mol. The summed E-state index contributed by atoms with van der Waals surface area (Å²) in [5.74, 6) is -0.689. The summed E-state index contributed by atoms with van der Waals surface area (Å²) in [7, 11) is 0. The number of hydrogen-bond donors (Lipinski definition) is 0. The van der Waals surface area contributed by atoms with E-state index in [0.717, 1.165) is 35.0 Å². The van der Waals surface area contributed by atoms with E-state index in [2.05, 4.69) is 22.1 Å². The Morgan fingerprint density at radius 2 is 2.04 bits per heavy atom. The van der Waals surface area contributed by atoms with Crippen LogP contribution in [-0.2, 0) is 11.2 Å². The van der Waals surface area contributed by atoms with E-state index in [1.54, 1.807) is 12.4 Å². The largest absolute Gasteiger partial charge is 0.549 e. The van der Waals surface area contributed by atoms with E-state index in [1.165, 1.54) is 0 Å². The molecule has 6 nitrogen and oxygen atoms in total. The summed E-state index contributed by atoms with van der Waals surface area (Å²) in [6, 6.07) is 11.7. The molecule has 0 aliphatic heterocycles. The number of aromatic nitrogens is 4. The van der Waals surface area contributed by atoms with Crippen LogP contribution in [0.2, 0.25) is 0 Å². The van der Waals surface area contributed by atoms with Crippen LogP contribution in [0.3, 0.4) is 0 Å². The van der Waals surface area contributed by atoms with Crippen LogP contribution in [0.15, 0.2) is 53.9 Å². The van der Waals surface area contributed by atoms with Crippen LogP contribution in [0.4, 0.5) is 0 Å². The highest BCUT2D eigenvalue weighted by atomic mass is 32.2. The van der Waals surface area contributed by atoms with E-state index in [4.69, 9.17) is 0 Å². The second kappa shape index (κ2) is 7.27. The third-order valence-electron chi connectivity index (χ3n) is 3.49. The lowest BCUT2D eigenvalue weighted by Crippen LogP contribution is -2.24. The van der Waals surface area contributed by atoms with Gasteiger partial charge in [-0.1, -0.05) is 36.9 Å². The van der Waals surface area contributed by atoms with Crippen LogP contribution in [0.5, 0.6) is 0 Å². The van der Waals surface area contributed by atoms with E-state index in [0.29, 0.717) is 11.0 Å². The van der Waals surface area contributed by atoms with E-state index in [9.17, 15) is 9.90 Å². The molecule has 0 aliphatic rings. The van der Waals surface area contributed by atoms with Crippen molar-refractivity contribution in [3.8, 4) is 17.1 Å². The topological polar surface area (TPSA) is 83.7 Å². The van der Waals surface area contributed by atoms with Crippen molar-refractivity contribution in [1.29, 1.82) is 0 Å². The predicted octanol–water partition coefficient (Wildman–Crippen LogP) is 1.73. The standard InChI is InChI=1S/C17H16N4O2S/c1-2-12-6-3-4-8-14(12)21-16(13-7-5-9-18-10-13)19-20-17(21)24-11-15(22)23/h3-10H,2,11H2,1H3,(H,22,23)/p-1. The van der Waals surface area contributed by atoms with Crippen LogP contribution in [0, 0.1) is 0 Å². The Morgan fingerprint density at radius 3 is 2.75 bits per heavy atom. The molecular formula is C17H15N4O2S-. The number of pyridine rings is 1. The van der Waals surface area contributed by atoms with Gasteiger partial charge in [0.2, 0.25) is 0 Å². The molecule has 7 heteroatoms. The van der Waals surface area contributed by atoms with Crippen LogP contribution in [-0.4, -0.2) is 31.5 Å². The van der Waals surface area contributed by atoms with Gasteiger partial charge in [0.25, 0.3) is 0 Å². The van der Waals surface area contributed by atoms with Crippen molar-refractivity contribution in [3.63, 3.8) is 0 Å². The molecule has 3 rings (SSSR count). The van der Waals surface area contributed by atoms with Gasteiger partial charge in [-0.25, -0.2) is 0 Å². The molecule has 2 aromatic heterocycles. The zero-order chi connectivity index (χ0) is 16.9. The van der Waals surface area contributed by atoms with E-state index >= 15 is 0 Å². The number of hydrogen-bond acceptors (Lipinski definition) is 6. The number of aryl methyl sites for hydroxylation is 1. The first-order valence-electron chi connectivity index (χ1n) is 7.47. The van der Waals surface area contributed by atoms with Crippen molar-refractivity contribution in [3.05, 3.63) is 54.4 Å². The second-order valence-corrected chi connectivity index (χ2v) is 5.97. The van der Waals surface area contributed by atoms with Crippen LogP contribution >= 0.6 is 11.8 Å². The average molecular weight is 339 g/mol. The lowest BCUT2D eigenvalue weighted by Gasteiger charge is -2.14. The first kappa shape index (κ1) is 16.2. The fraction of sp³-hybridized carbons (Fsp3) is 0.176. The minimum atomic E-state index is -1.14. The van der Waals surface area contributed by atoms with Crippen LogP contribution in [0.25, 0.3) is 17.1 Å². The SMILES string of the molecule is CCc1ccccc1-n1c(SCC(=O)[O-])nnc1-c1cccnc1. The molecule has 0 saturated carbocycles. The van der Waals surface area contributed by atoms with E-state index in [-0.39, 0.29) is 5.75 Å². The molecule has 0 spiro atoms. The Labute approximate surface area is 143 Å². The first-order valence-corrected chi connectivity index (χ1v) is 8.46. The Bertz CT molecular complexity index is 849. The van der Waals surface area contributed by atoms with Gasteiger partial charge in [0, 0.05) is 23.7 Å². The zero-order valence-corrected chi connectivity index (χ0v) is 13.9. The van der Waals surface area contributed by atoms with Gasteiger partial charge in [0.05, 0.1) is 11.7 Å². The third kappa shape index (κ3) is 3.30. The van der Waals surface area contributed by atoms with Gasteiger partial charge < -0.3 is 9.90 Å². The summed E-state index contributed by atoms with van der Waals surface area (Å²) in [6.07, 6.45) is 4.24. The van der Waals surface area contributed by atoms with Crippen molar-refractivity contribution in [2.24, 2.45) is 0 Å². The molecule has 0 radical (unpaired) electrons. The average Bonchev–Trinajstić information content (AvgIpc) is 3.04. The van der Waals surface area contributed by atoms with Crippen molar-refractivity contribution in [1.82, 2.24) is 19.7 Å². The van der Waals surface area contributed by atoms with Gasteiger partial charge in [-0.2, -0.15) is 0 Å². The van der Waals surface area contributed by atoms with E-state index in [1.807, 2.05) is 41.0 Å². The molecule has 0 unspecified atom stereocenters. The highest BCUT2D eigenvalue weighted by Crippen LogP contribution is 2.29. The normalized spacial score (nSPS) is 10.7. The minimum absolute atomic E-state index is 0.181. The summed E-state index contributed by atoms with van der Waals surface area (Å²) in [5, 5.41) is 19.8. The van der Waals surface area contributed by atoms with Crippen LogP contribution in [0.1, 0.15) is 12.5 Å². The van der Waals surface area contributed by atoms with E-state index < -0.39 is 5.97 Å². The molecule has 2 heterocycles. The Kier molecular flexibility index (Phi) is 4.90. The van der Waals surface area contributed by atoms with Gasteiger partial charge in [-0.3, -0.25) is 9.55 Å². The maximum absolute atomic E-state index is 10.8. The minimum Gasteiger partial charge on any atom is -0.549 e. The molecule has 0 N–H and O–H groups in total. The van der Waals surface area contributed by atoms with Crippen molar-refractivity contribution >= 4 is 17.7 Å². The molecule has 122 valence electrons. The molecule has 1 aromatic carbocycles. The second-order valence-electron chi connectivity index (χ2n) is 5.03. The van der Waals surface area contributed by atoms with Crippen molar-refractivity contribution in [2.75, 3.05) is 5.75 Å². The smallest absolute Gasteiger partial charge is 0.196 e. The molecule has 0 atom stereocenters. The monoisotopic (exact) mass is 339 g/mol. The quantitative estimate of drug-likeness (QED) is 0.636. The van der Waals surface area contributed by atoms with Crippen molar-refractivity contribution < 1.29 is 9.90 Å². The summed E-state index contributed by atoms with van der Waals surface area (Å²) in [6.45, 7) is 2.07. The number of para-hydroxylation sites is 1. The molecular weight excluding hydrogens is 324 g/mol. The number of rotatable bonds is 6. The number of carbonyl (C=O) groups is 1. The zero-order valence-electron chi connectivity index (χ0n) is 13.0. The highest BCUT2D eigenvalue weighted by Gasteiger charge is 2.18. The molecule has 0 amide bonds. The molecule has 0 fully saturated rings. The Hall–Kier alpha value is -2.67. The molecule has 0 bridgehead atoms. The maximum Gasteiger partial charge on any atom is 0.196 e. The number of carboxylic acid groups (broad SMARTS) is 1. The third-order valence-corrected chi connectivity index (χ3v) is 4.39. The Balaban J connectivity index is 2.16. The van der Waals surface area contributed by atoms with Gasteiger partial charge in [-0.05, 0) is 30.2 Å². The van der Waals surface area contributed by atoms with Gasteiger partial charge in [-0.15, -0.1) is 10.2 Å². The summed E-state index contributed by atoms with van der Waals surface area (Å²) in [4.78, 5) is 15.0. The lowest BCUT2D eigenvalue weighted by molar-refractivity contribution is -0.301. The fourth-order valence-electron chi connectivity index (χ4n) is 2.41. The van der Waals surface area contributed by atoms with Crippen molar-refractivity contribution in [2.45, 2.75) is 18.5 Å². The number of thioether (sulfide) groups is 1. The summed E-state index contributed by atoms with van der Waals surface area (Å²) in [5.41, 5.74) is 2.87. The number of aliphatic carboxylic acids is 1. The molecule has 0 aliphatic carbocycles. The molecule has 3 aromatic rings. The Morgan fingerprint density at radius 1 is 1.21 bits per heavy atom. The lowest BCUT2D eigenvalue weighted by atomic mass is 10.1. The number of carboxylic acids is 1. The fourth-order valence-corrected chi connectivity index (χ4v) is 3.07. The number of nitrogens with zero attached hydrogens (tertiary/aromatic N) is 4. The summed E-state index contributed by atoms with van der Waals surface area (Å²) < 4.78 is 1.88. The van der Waals surface area contributed by atoms with Gasteiger partial charge in [0.15, 0.2) is 11.0 Å². The van der Waals surface area contributed by atoms with Gasteiger partial charge >= 0.3 is 0 Å².